The van der Waals surface area contributed by atoms with Gasteiger partial charge in [-0.05, 0) is 19.1 Å². The van der Waals surface area contributed by atoms with E-state index in [2.05, 4.69) is 10.2 Å². The number of aromatic nitrogens is 3. The van der Waals surface area contributed by atoms with Crippen molar-refractivity contribution in [3.8, 4) is 0 Å². The second-order valence-electron chi connectivity index (χ2n) is 2.41. The van der Waals surface area contributed by atoms with Gasteiger partial charge < -0.3 is 0 Å². The summed E-state index contributed by atoms with van der Waals surface area (Å²) in [6.07, 6.45) is 0. The van der Waals surface area contributed by atoms with Gasteiger partial charge in [-0.2, -0.15) is 4.39 Å². The average molecular weight is 186 g/mol. The number of hydrogen-bond acceptors (Lipinski definition) is 2. The van der Waals surface area contributed by atoms with E-state index in [0.717, 1.165) is 0 Å². The topological polar surface area (TPSA) is 30.2 Å². The smallest absolute Gasteiger partial charge is 0.219 e. The van der Waals surface area contributed by atoms with Crippen molar-refractivity contribution in [2.45, 2.75) is 6.92 Å². The molecule has 0 atom stereocenters. The average Bonchev–Trinajstić information content (AvgIpc) is 2.41. The highest BCUT2D eigenvalue weighted by atomic mass is 35.5. The van der Waals surface area contributed by atoms with E-state index < -0.39 is 5.95 Å². The normalized spacial score (nSPS) is 10.9. The van der Waals surface area contributed by atoms with Crippen molar-refractivity contribution in [2.24, 2.45) is 0 Å². The van der Waals surface area contributed by atoms with Crippen molar-refractivity contribution in [2.75, 3.05) is 0 Å². The van der Waals surface area contributed by atoms with Gasteiger partial charge in [0.25, 0.3) is 0 Å². The number of rotatable bonds is 0. The minimum absolute atomic E-state index is 0.0744. The van der Waals surface area contributed by atoms with Crippen LogP contribution in [0.1, 0.15) is 5.82 Å². The van der Waals surface area contributed by atoms with Crippen LogP contribution in [0.5, 0.6) is 0 Å². The number of nitrogens with zero attached hydrogens (tertiary/aromatic N) is 3. The molecule has 2 heterocycles. The molecule has 2 aromatic heterocycles. The molecule has 62 valence electrons. The van der Waals surface area contributed by atoms with E-state index in [1.807, 2.05) is 0 Å². The second kappa shape index (κ2) is 2.42. The molecule has 0 unspecified atom stereocenters. The second-order valence-corrected chi connectivity index (χ2v) is 2.82. The van der Waals surface area contributed by atoms with Crippen molar-refractivity contribution in [3.05, 3.63) is 28.9 Å². The predicted octanol–water partition coefficient (Wildman–Crippen LogP) is 1.83. The molecule has 2 aromatic rings. The van der Waals surface area contributed by atoms with Gasteiger partial charge in [-0.1, -0.05) is 11.6 Å². The van der Waals surface area contributed by atoms with Crippen LogP contribution in [0.4, 0.5) is 4.39 Å². The zero-order valence-corrected chi connectivity index (χ0v) is 7.01. The Bertz CT molecular complexity index is 437. The standard InChI is InChI=1S/C7H5ClFN3/c1-4-10-11-6-3-2-5(8)7(9)12(4)6/h2-3H,1H3. The zero-order chi connectivity index (χ0) is 8.72. The number of fused-ring (bicyclic) bond motifs is 1. The van der Waals surface area contributed by atoms with E-state index in [0.29, 0.717) is 11.5 Å². The van der Waals surface area contributed by atoms with Crippen LogP contribution in [0.15, 0.2) is 12.1 Å². The van der Waals surface area contributed by atoms with Crippen LogP contribution in [-0.2, 0) is 0 Å². The van der Waals surface area contributed by atoms with Crippen molar-refractivity contribution < 1.29 is 4.39 Å². The predicted molar refractivity (Wildman–Crippen MR) is 42.7 cm³/mol. The number of pyridine rings is 1. The SMILES string of the molecule is Cc1nnc2ccc(Cl)c(F)n12. The minimum Gasteiger partial charge on any atom is -0.254 e. The summed E-state index contributed by atoms with van der Waals surface area (Å²) in [6.45, 7) is 1.67. The van der Waals surface area contributed by atoms with Gasteiger partial charge in [0.1, 0.15) is 5.82 Å². The Kier molecular flexibility index (Phi) is 1.51. The fraction of sp³-hybridized carbons (Fsp3) is 0.143. The quantitative estimate of drug-likeness (QED) is 0.587. The summed E-state index contributed by atoms with van der Waals surface area (Å²) in [5.41, 5.74) is 0.467. The van der Waals surface area contributed by atoms with Gasteiger partial charge in [-0.3, -0.25) is 4.40 Å². The lowest BCUT2D eigenvalue weighted by atomic mass is 10.4. The van der Waals surface area contributed by atoms with Crippen LogP contribution in [0.3, 0.4) is 0 Å². The molecule has 0 saturated carbocycles. The van der Waals surface area contributed by atoms with E-state index in [1.165, 1.54) is 10.5 Å². The molecule has 0 aliphatic rings. The van der Waals surface area contributed by atoms with Crippen molar-refractivity contribution in [1.29, 1.82) is 0 Å². The van der Waals surface area contributed by atoms with Gasteiger partial charge in [0.2, 0.25) is 5.95 Å². The molecule has 0 aromatic carbocycles. The molecule has 0 bridgehead atoms. The lowest BCUT2D eigenvalue weighted by molar-refractivity contribution is 0.562. The first-order valence-electron chi connectivity index (χ1n) is 3.36. The van der Waals surface area contributed by atoms with Gasteiger partial charge in [-0.25, -0.2) is 0 Å². The third-order valence-corrected chi connectivity index (χ3v) is 1.90. The van der Waals surface area contributed by atoms with Gasteiger partial charge in [0, 0.05) is 0 Å². The molecule has 3 nitrogen and oxygen atoms in total. The van der Waals surface area contributed by atoms with E-state index in [9.17, 15) is 4.39 Å². The number of hydrogen-bond donors (Lipinski definition) is 0. The maximum atomic E-state index is 13.2. The Morgan fingerprint density at radius 2 is 2.17 bits per heavy atom. The molecule has 0 saturated heterocycles. The van der Waals surface area contributed by atoms with Crippen LogP contribution < -0.4 is 0 Å². The molecular formula is C7H5ClFN3. The summed E-state index contributed by atoms with van der Waals surface area (Å²) >= 11 is 5.57. The van der Waals surface area contributed by atoms with Crippen LogP contribution in [-0.4, -0.2) is 14.6 Å². The molecular weight excluding hydrogens is 181 g/mol. The van der Waals surface area contributed by atoms with Gasteiger partial charge in [-0.15, -0.1) is 10.2 Å². The molecule has 0 aliphatic heterocycles. The molecule has 0 radical (unpaired) electrons. The minimum atomic E-state index is -0.517. The molecule has 0 aliphatic carbocycles. The van der Waals surface area contributed by atoms with Crippen LogP contribution >= 0.6 is 11.6 Å². The Morgan fingerprint density at radius 3 is 2.92 bits per heavy atom. The first-order chi connectivity index (χ1) is 5.70. The lowest BCUT2D eigenvalue weighted by Crippen LogP contribution is -1.95. The monoisotopic (exact) mass is 185 g/mol. The van der Waals surface area contributed by atoms with Crippen LogP contribution in [0, 0.1) is 12.9 Å². The number of aryl methyl sites for hydroxylation is 1. The maximum Gasteiger partial charge on any atom is 0.219 e. The van der Waals surface area contributed by atoms with Crippen molar-refractivity contribution in [1.82, 2.24) is 14.6 Å². The Morgan fingerprint density at radius 1 is 1.42 bits per heavy atom. The summed E-state index contributed by atoms with van der Waals surface area (Å²) < 4.78 is 14.5. The Hall–Kier alpha value is -1.16. The Labute approximate surface area is 72.8 Å². The maximum absolute atomic E-state index is 13.2. The largest absolute Gasteiger partial charge is 0.254 e. The summed E-state index contributed by atoms with van der Waals surface area (Å²) in [7, 11) is 0. The summed E-state index contributed by atoms with van der Waals surface area (Å²) in [5.74, 6) is -0.0262. The fourth-order valence-corrected chi connectivity index (χ4v) is 1.20. The Balaban J connectivity index is 2.96. The van der Waals surface area contributed by atoms with E-state index >= 15 is 0 Å². The molecule has 5 heteroatoms. The highest BCUT2D eigenvalue weighted by Crippen LogP contribution is 2.16. The van der Waals surface area contributed by atoms with E-state index in [-0.39, 0.29) is 5.02 Å². The summed E-state index contributed by atoms with van der Waals surface area (Å²) in [4.78, 5) is 0. The summed E-state index contributed by atoms with van der Waals surface area (Å²) in [5, 5.41) is 7.52. The molecule has 0 N–H and O–H groups in total. The highest BCUT2D eigenvalue weighted by molar-refractivity contribution is 6.30. The number of halogens is 2. The van der Waals surface area contributed by atoms with Crippen LogP contribution in [0.2, 0.25) is 5.02 Å². The van der Waals surface area contributed by atoms with E-state index in [4.69, 9.17) is 11.6 Å². The van der Waals surface area contributed by atoms with E-state index in [1.54, 1.807) is 13.0 Å². The molecule has 0 amide bonds. The first-order valence-corrected chi connectivity index (χ1v) is 3.73. The molecule has 0 fully saturated rings. The van der Waals surface area contributed by atoms with Gasteiger partial charge in [0.15, 0.2) is 5.65 Å². The zero-order valence-electron chi connectivity index (χ0n) is 6.25. The van der Waals surface area contributed by atoms with Crippen LogP contribution in [0.25, 0.3) is 5.65 Å². The molecule has 12 heavy (non-hydrogen) atoms. The van der Waals surface area contributed by atoms with Crippen molar-refractivity contribution in [3.63, 3.8) is 0 Å². The van der Waals surface area contributed by atoms with Gasteiger partial charge >= 0.3 is 0 Å². The first kappa shape index (κ1) is 7.49. The third kappa shape index (κ3) is 0.881. The highest BCUT2D eigenvalue weighted by Gasteiger charge is 2.08. The van der Waals surface area contributed by atoms with Crippen molar-refractivity contribution >= 4 is 17.2 Å². The third-order valence-electron chi connectivity index (χ3n) is 1.62. The summed E-state index contributed by atoms with van der Waals surface area (Å²) in [6, 6.07) is 3.08. The lowest BCUT2D eigenvalue weighted by Gasteiger charge is -1.97. The van der Waals surface area contributed by atoms with Gasteiger partial charge in [0.05, 0.1) is 5.02 Å². The molecule has 2 rings (SSSR count). The fourth-order valence-electron chi connectivity index (χ4n) is 1.05. The molecule has 0 spiro atoms.